The van der Waals surface area contributed by atoms with Crippen LogP contribution in [-0.4, -0.2) is 15.2 Å². The second-order valence-corrected chi connectivity index (χ2v) is 4.45. The lowest BCUT2D eigenvalue weighted by Crippen LogP contribution is -2.18. The Kier molecular flexibility index (Phi) is 2.28. The summed E-state index contributed by atoms with van der Waals surface area (Å²) in [7, 11) is 0. The average Bonchev–Trinajstić information content (AvgIpc) is 2.34. The monoisotopic (exact) mass is 230 g/mol. The summed E-state index contributed by atoms with van der Waals surface area (Å²) in [4.78, 5) is 4.42. The molecule has 88 valence electrons. The first-order valence-corrected chi connectivity index (χ1v) is 5.72. The lowest BCUT2D eigenvalue weighted by Gasteiger charge is -2.26. The maximum atomic E-state index is 9.99. The zero-order valence-corrected chi connectivity index (χ0v) is 9.30. The molecule has 17 heavy (non-hydrogen) atoms. The number of anilines is 1. The fourth-order valence-electron chi connectivity index (χ4n) is 2.47. The molecule has 0 saturated carbocycles. The Labute approximate surface area is 98.7 Å². The van der Waals surface area contributed by atoms with Crippen molar-refractivity contribution in [2.24, 2.45) is 0 Å². The average molecular weight is 230 g/mol. The first-order chi connectivity index (χ1) is 8.18. The molecule has 0 saturated heterocycles. The van der Waals surface area contributed by atoms with Crippen LogP contribution >= 0.6 is 0 Å². The molecule has 2 aromatic rings. The number of nitrogen functional groups attached to an aromatic ring is 1. The van der Waals surface area contributed by atoms with Crippen molar-refractivity contribution in [3.05, 3.63) is 35.5 Å². The van der Waals surface area contributed by atoms with E-state index >= 15 is 0 Å². The maximum Gasteiger partial charge on any atom is 0.0965 e. The number of aromatic nitrogens is 1. The minimum atomic E-state index is -0.625. The van der Waals surface area contributed by atoms with Crippen molar-refractivity contribution in [3.63, 3.8) is 0 Å². The standard InChI is InChI=1S/C13H14N2O2/c14-12-7-3-1-2-4-8(7)15-13-10(17)6-5-9(16)11(12)13/h1-4,9-10,16-17H,5-6H2,(H2,14,15)/t9-,10+/m1/s1. The molecule has 1 aromatic carbocycles. The summed E-state index contributed by atoms with van der Waals surface area (Å²) in [5, 5.41) is 20.8. The molecule has 0 spiro atoms. The van der Waals surface area contributed by atoms with Gasteiger partial charge in [-0.3, -0.25) is 0 Å². The molecule has 0 bridgehead atoms. The van der Waals surface area contributed by atoms with E-state index in [0.717, 1.165) is 10.9 Å². The second-order valence-electron chi connectivity index (χ2n) is 4.45. The minimum Gasteiger partial charge on any atom is -0.398 e. The fraction of sp³-hybridized carbons (Fsp3) is 0.308. The van der Waals surface area contributed by atoms with Crippen LogP contribution in [0.5, 0.6) is 0 Å². The van der Waals surface area contributed by atoms with Gasteiger partial charge in [-0.1, -0.05) is 18.2 Å². The molecular weight excluding hydrogens is 216 g/mol. The van der Waals surface area contributed by atoms with E-state index in [-0.39, 0.29) is 0 Å². The van der Waals surface area contributed by atoms with Gasteiger partial charge in [0.2, 0.25) is 0 Å². The number of hydrogen-bond donors (Lipinski definition) is 3. The summed E-state index contributed by atoms with van der Waals surface area (Å²) < 4.78 is 0. The predicted molar refractivity (Wildman–Crippen MR) is 65.3 cm³/mol. The summed E-state index contributed by atoms with van der Waals surface area (Å²) in [6, 6.07) is 7.51. The Bertz CT molecular complexity index is 583. The highest BCUT2D eigenvalue weighted by molar-refractivity contribution is 5.92. The van der Waals surface area contributed by atoms with E-state index in [0.29, 0.717) is 29.8 Å². The maximum absolute atomic E-state index is 9.99. The molecule has 0 radical (unpaired) electrons. The highest BCUT2D eigenvalue weighted by atomic mass is 16.3. The summed E-state index contributed by atoms with van der Waals surface area (Å²) in [6.45, 7) is 0. The van der Waals surface area contributed by atoms with Crippen LogP contribution in [0.2, 0.25) is 0 Å². The summed E-state index contributed by atoms with van der Waals surface area (Å²) in [5.74, 6) is 0. The fourth-order valence-corrected chi connectivity index (χ4v) is 2.47. The number of aliphatic hydroxyl groups excluding tert-OH is 2. The van der Waals surface area contributed by atoms with Crippen LogP contribution in [0.1, 0.15) is 36.3 Å². The lowest BCUT2D eigenvalue weighted by molar-refractivity contribution is 0.0884. The van der Waals surface area contributed by atoms with Gasteiger partial charge >= 0.3 is 0 Å². The lowest BCUT2D eigenvalue weighted by atomic mass is 9.89. The molecule has 3 rings (SSSR count). The Balaban J connectivity index is 2.37. The molecule has 4 nitrogen and oxygen atoms in total. The number of nitrogens with two attached hydrogens (primary N) is 1. The van der Waals surface area contributed by atoms with Crippen LogP contribution < -0.4 is 5.73 Å². The number of aliphatic hydroxyl groups is 2. The van der Waals surface area contributed by atoms with Gasteiger partial charge in [-0.05, 0) is 18.9 Å². The van der Waals surface area contributed by atoms with E-state index in [4.69, 9.17) is 5.73 Å². The van der Waals surface area contributed by atoms with Crippen LogP contribution in [-0.2, 0) is 0 Å². The van der Waals surface area contributed by atoms with E-state index < -0.39 is 12.2 Å². The summed E-state index contributed by atoms with van der Waals surface area (Å²) >= 11 is 0. The molecule has 0 fully saturated rings. The Hall–Kier alpha value is -1.65. The van der Waals surface area contributed by atoms with Crippen molar-refractivity contribution in [2.75, 3.05) is 5.73 Å². The van der Waals surface area contributed by atoms with Gasteiger partial charge in [0.15, 0.2) is 0 Å². The van der Waals surface area contributed by atoms with E-state index in [2.05, 4.69) is 4.98 Å². The summed E-state index contributed by atoms with van der Waals surface area (Å²) in [5.41, 5.74) is 8.51. The third-order valence-corrected chi connectivity index (χ3v) is 3.36. The molecule has 1 aliphatic rings. The number of para-hydroxylation sites is 1. The van der Waals surface area contributed by atoms with Gasteiger partial charge in [-0.25, -0.2) is 4.98 Å². The van der Waals surface area contributed by atoms with Crippen LogP contribution in [0, 0.1) is 0 Å². The van der Waals surface area contributed by atoms with Crippen LogP contribution in [0.3, 0.4) is 0 Å². The van der Waals surface area contributed by atoms with E-state index in [1.165, 1.54) is 0 Å². The van der Waals surface area contributed by atoms with Gasteiger partial charge in [-0.15, -0.1) is 0 Å². The van der Waals surface area contributed by atoms with E-state index in [9.17, 15) is 10.2 Å². The summed E-state index contributed by atoms with van der Waals surface area (Å²) in [6.07, 6.45) is -0.192. The molecule has 4 heteroatoms. The third-order valence-electron chi connectivity index (χ3n) is 3.36. The first-order valence-electron chi connectivity index (χ1n) is 5.72. The largest absolute Gasteiger partial charge is 0.398 e. The van der Waals surface area contributed by atoms with Crippen LogP contribution in [0.4, 0.5) is 5.69 Å². The minimum absolute atomic E-state index is 0.526. The van der Waals surface area contributed by atoms with Crippen molar-refractivity contribution in [3.8, 4) is 0 Å². The molecular formula is C13H14N2O2. The number of fused-ring (bicyclic) bond motifs is 2. The second kappa shape index (κ2) is 3.68. The quantitative estimate of drug-likeness (QED) is 0.643. The predicted octanol–water partition coefficient (Wildman–Crippen LogP) is 1.68. The van der Waals surface area contributed by atoms with Crippen molar-refractivity contribution in [1.29, 1.82) is 0 Å². The van der Waals surface area contributed by atoms with Crippen molar-refractivity contribution >= 4 is 16.6 Å². The van der Waals surface area contributed by atoms with Crippen LogP contribution in [0.15, 0.2) is 24.3 Å². The topological polar surface area (TPSA) is 79.4 Å². The smallest absolute Gasteiger partial charge is 0.0965 e. The zero-order chi connectivity index (χ0) is 12.0. The normalized spacial score (nSPS) is 23.6. The highest BCUT2D eigenvalue weighted by Gasteiger charge is 2.29. The van der Waals surface area contributed by atoms with Gasteiger partial charge < -0.3 is 15.9 Å². The molecule has 2 atom stereocenters. The van der Waals surface area contributed by atoms with Gasteiger partial charge in [0.05, 0.1) is 23.4 Å². The highest BCUT2D eigenvalue weighted by Crippen LogP contribution is 2.40. The number of hydrogen-bond acceptors (Lipinski definition) is 4. The van der Waals surface area contributed by atoms with Crippen LogP contribution in [0.25, 0.3) is 10.9 Å². The van der Waals surface area contributed by atoms with Gasteiger partial charge in [-0.2, -0.15) is 0 Å². The van der Waals surface area contributed by atoms with Gasteiger partial charge in [0, 0.05) is 16.6 Å². The molecule has 0 amide bonds. The number of nitrogens with zero attached hydrogens (tertiary/aromatic N) is 1. The van der Waals surface area contributed by atoms with Crippen molar-refractivity contribution < 1.29 is 10.2 Å². The Morgan fingerprint density at radius 2 is 1.82 bits per heavy atom. The van der Waals surface area contributed by atoms with Gasteiger partial charge in [0.1, 0.15) is 0 Å². The van der Waals surface area contributed by atoms with Crippen molar-refractivity contribution in [1.82, 2.24) is 4.98 Å². The molecule has 1 heterocycles. The third kappa shape index (κ3) is 1.49. The van der Waals surface area contributed by atoms with Gasteiger partial charge in [0.25, 0.3) is 0 Å². The number of benzene rings is 1. The Morgan fingerprint density at radius 3 is 2.65 bits per heavy atom. The zero-order valence-electron chi connectivity index (χ0n) is 9.30. The van der Waals surface area contributed by atoms with Crippen molar-refractivity contribution in [2.45, 2.75) is 25.0 Å². The number of rotatable bonds is 0. The number of pyridine rings is 1. The van der Waals surface area contributed by atoms with E-state index in [1.54, 1.807) is 0 Å². The first kappa shape index (κ1) is 10.5. The molecule has 1 aliphatic carbocycles. The molecule has 0 aliphatic heterocycles. The Morgan fingerprint density at radius 1 is 1.12 bits per heavy atom. The molecule has 1 aromatic heterocycles. The molecule has 0 unspecified atom stereocenters. The SMILES string of the molecule is Nc1c2c(nc3ccccc13)[C@@H](O)CC[C@H]2O. The molecule has 4 N–H and O–H groups in total. The van der Waals surface area contributed by atoms with E-state index in [1.807, 2.05) is 24.3 Å².